The van der Waals surface area contributed by atoms with Crippen LogP contribution in [0.25, 0.3) is 0 Å². The van der Waals surface area contributed by atoms with Crippen molar-refractivity contribution in [1.82, 2.24) is 5.32 Å². The minimum absolute atomic E-state index is 0.0681. The maximum Gasteiger partial charge on any atom is 0.251 e. The number of nitrogens with one attached hydrogen (secondary N) is 1. The van der Waals surface area contributed by atoms with Crippen LogP contribution >= 0.6 is 0 Å². The second-order valence-electron chi connectivity index (χ2n) is 4.68. The van der Waals surface area contributed by atoms with Crippen molar-refractivity contribution in [3.05, 3.63) is 35.4 Å². The average Bonchev–Trinajstić information content (AvgIpc) is 3.19. The largest absolute Gasteiger partial charge is 0.409 e. The molecule has 1 saturated carbocycles. The van der Waals surface area contributed by atoms with Gasteiger partial charge in [0, 0.05) is 5.56 Å². The van der Waals surface area contributed by atoms with E-state index in [1.807, 2.05) is 25.1 Å². The predicted molar refractivity (Wildman–Crippen MR) is 68.6 cm³/mol. The average molecular weight is 247 g/mol. The molecule has 5 nitrogen and oxygen atoms in total. The molecule has 96 valence electrons. The number of hydrogen-bond donors (Lipinski definition) is 3. The Morgan fingerprint density at radius 3 is 2.83 bits per heavy atom. The highest BCUT2D eigenvalue weighted by atomic mass is 16.4. The van der Waals surface area contributed by atoms with Crippen LogP contribution in [0.5, 0.6) is 0 Å². The summed E-state index contributed by atoms with van der Waals surface area (Å²) in [7, 11) is 0. The molecular weight excluding hydrogens is 230 g/mol. The minimum atomic E-state index is -0.372. The summed E-state index contributed by atoms with van der Waals surface area (Å²) in [4.78, 5) is 12.1. The Morgan fingerprint density at radius 1 is 1.56 bits per heavy atom. The van der Waals surface area contributed by atoms with Gasteiger partial charge in [0.25, 0.3) is 5.91 Å². The third-order valence-corrected chi connectivity index (χ3v) is 3.09. The van der Waals surface area contributed by atoms with Crippen LogP contribution in [0.15, 0.2) is 29.4 Å². The Hall–Kier alpha value is -2.04. The van der Waals surface area contributed by atoms with Crippen LogP contribution in [0.2, 0.25) is 0 Å². The number of nitrogens with zero attached hydrogens (tertiary/aromatic N) is 1. The van der Waals surface area contributed by atoms with E-state index in [2.05, 4.69) is 10.5 Å². The van der Waals surface area contributed by atoms with Crippen molar-refractivity contribution in [2.45, 2.75) is 25.8 Å². The fourth-order valence-electron chi connectivity index (χ4n) is 1.94. The van der Waals surface area contributed by atoms with Gasteiger partial charge in [-0.2, -0.15) is 0 Å². The molecule has 0 saturated heterocycles. The van der Waals surface area contributed by atoms with Gasteiger partial charge in [-0.1, -0.05) is 22.9 Å². The summed E-state index contributed by atoms with van der Waals surface area (Å²) in [6, 6.07) is 6.95. The first-order valence-corrected chi connectivity index (χ1v) is 5.96. The van der Waals surface area contributed by atoms with Crippen molar-refractivity contribution in [3.8, 4) is 0 Å². The van der Waals surface area contributed by atoms with Gasteiger partial charge in [-0.25, -0.2) is 0 Å². The van der Waals surface area contributed by atoms with Gasteiger partial charge in [-0.15, -0.1) is 0 Å². The first-order valence-electron chi connectivity index (χ1n) is 5.96. The number of hydrogen-bond acceptors (Lipinski definition) is 3. The lowest BCUT2D eigenvalue weighted by Crippen LogP contribution is -2.46. The molecule has 0 heterocycles. The second kappa shape index (κ2) is 5.08. The van der Waals surface area contributed by atoms with Crippen molar-refractivity contribution < 1.29 is 10.0 Å². The van der Waals surface area contributed by atoms with Crippen molar-refractivity contribution >= 4 is 11.7 Å². The van der Waals surface area contributed by atoms with Gasteiger partial charge in [0.2, 0.25) is 0 Å². The van der Waals surface area contributed by atoms with E-state index < -0.39 is 0 Å². The van der Waals surface area contributed by atoms with Crippen LogP contribution in [0.4, 0.5) is 0 Å². The van der Waals surface area contributed by atoms with Gasteiger partial charge in [-0.05, 0) is 37.8 Å². The number of rotatable bonds is 4. The molecule has 1 atom stereocenters. The summed E-state index contributed by atoms with van der Waals surface area (Å²) in [5, 5.41) is 14.5. The molecule has 0 spiro atoms. The fourth-order valence-corrected chi connectivity index (χ4v) is 1.94. The molecule has 1 aromatic carbocycles. The Kier molecular flexibility index (Phi) is 3.50. The van der Waals surface area contributed by atoms with Crippen LogP contribution in [0.3, 0.4) is 0 Å². The lowest BCUT2D eigenvalue weighted by atomic mass is 10.1. The second-order valence-corrected chi connectivity index (χ2v) is 4.68. The van der Waals surface area contributed by atoms with E-state index in [0.717, 1.165) is 18.4 Å². The van der Waals surface area contributed by atoms with Gasteiger partial charge < -0.3 is 16.3 Å². The SMILES string of the molecule is Cc1cccc(C(=O)NC(C(N)=NO)C2CC2)c1. The topological polar surface area (TPSA) is 87.7 Å². The molecule has 1 aliphatic rings. The molecule has 1 amide bonds. The summed E-state index contributed by atoms with van der Waals surface area (Å²) < 4.78 is 0. The lowest BCUT2D eigenvalue weighted by Gasteiger charge is -2.16. The molecule has 5 heteroatoms. The van der Waals surface area contributed by atoms with Crippen molar-refractivity contribution in [2.24, 2.45) is 16.8 Å². The van der Waals surface area contributed by atoms with E-state index in [-0.39, 0.29) is 23.7 Å². The zero-order valence-electron chi connectivity index (χ0n) is 10.3. The van der Waals surface area contributed by atoms with Gasteiger partial charge in [0.05, 0.1) is 6.04 Å². The standard InChI is InChI=1S/C13H17N3O2/c1-8-3-2-4-10(7-8)13(17)15-11(9-5-6-9)12(14)16-18/h2-4,7,9,11,18H,5-6H2,1H3,(H2,14,16)(H,15,17). The normalized spacial score (nSPS) is 17.3. The number of carbonyl (C=O) groups excluding carboxylic acids is 1. The highest BCUT2D eigenvalue weighted by Crippen LogP contribution is 2.32. The van der Waals surface area contributed by atoms with Crippen LogP contribution in [0.1, 0.15) is 28.8 Å². The molecule has 4 N–H and O–H groups in total. The summed E-state index contributed by atoms with van der Waals surface area (Å²) in [6.45, 7) is 1.93. The van der Waals surface area contributed by atoms with E-state index in [4.69, 9.17) is 10.9 Å². The number of carbonyl (C=O) groups is 1. The number of amidine groups is 1. The quantitative estimate of drug-likeness (QED) is 0.324. The van der Waals surface area contributed by atoms with Crippen LogP contribution in [0, 0.1) is 12.8 Å². The summed E-state index contributed by atoms with van der Waals surface area (Å²) >= 11 is 0. The molecule has 0 radical (unpaired) electrons. The Bertz CT molecular complexity index is 481. The van der Waals surface area contributed by atoms with Gasteiger partial charge >= 0.3 is 0 Å². The lowest BCUT2D eigenvalue weighted by molar-refractivity contribution is 0.0943. The Labute approximate surface area is 106 Å². The van der Waals surface area contributed by atoms with Crippen molar-refractivity contribution in [1.29, 1.82) is 0 Å². The monoisotopic (exact) mass is 247 g/mol. The van der Waals surface area contributed by atoms with E-state index in [0.29, 0.717) is 5.56 Å². The first-order chi connectivity index (χ1) is 8.61. The molecule has 1 aromatic rings. The zero-order chi connectivity index (χ0) is 13.1. The number of oxime groups is 1. The van der Waals surface area contributed by atoms with Crippen LogP contribution in [-0.4, -0.2) is 23.0 Å². The molecule has 1 aliphatic carbocycles. The van der Waals surface area contributed by atoms with E-state index in [9.17, 15) is 4.79 Å². The highest BCUT2D eigenvalue weighted by molar-refractivity contribution is 5.98. The predicted octanol–water partition coefficient (Wildman–Crippen LogP) is 1.25. The van der Waals surface area contributed by atoms with Gasteiger partial charge in [0.15, 0.2) is 5.84 Å². The van der Waals surface area contributed by atoms with E-state index >= 15 is 0 Å². The fraction of sp³-hybridized carbons (Fsp3) is 0.385. The summed E-state index contributed by atoms with van der Waals surface area (Å²) in [5.74, 6) is 0.162. The third kappa shape index (κ3) is 2.80. The molecule has 1 fully saturated rings. The van der Waals surface area contributed by atoms with Crippen LogP contribution < -0.4 is 11.1 Å². The summed E-state index contributed by atoms with van der Waals surface area (Å²) in [6.07, 6.45) is 1.99. The minimum Gasteiger partial charge on any atom is -0.409 e. The molecule has 1 unspecified atom stereocenters. The van der Waals surface area contributed by atoms with Crippen molar-refractivity contribution in [3.63, 3.8) is 0 Å². The smallest absolute Gasteiger partial charge is 0.251 e. The molecular formula is C13H17N3O2. The number of aryl methyl sites for hydroxylation is 1. The number of benzene rings is 1. The number of nitrogens with two attached hydrogens (primary N) is 1. The third-order valence-electron chi connectivity index (χ3n) is 3.09. The molecule has 0 aromatic heterocycles. The summed E-state index contributed by atoms with van der Waals surface area (Å²) in [5.41, 5.74) is 7.21. The molecule has 0 aliphatic heterocycles. The van der Waals surface area contributed by atoms with E-state index in [1.165, 1.54) is 0 Å². The Balaban J connectivity index is 2.10. The first kappa shape index (κ1) is 12.4. The maximum absolute atomic E-state index is 12.1. The van der Waals surface area contributed by atoms with Crippen molar-refractivity contribution in [2.75, 3.05) is 0 Å². The van der Waals surface area contributed by atoms with Crippen LogP contribution in [-0.2, 0) is 0 Å². The number of amides is 1. The highest BCUT2D eigenvalue weighted by Gasteiger charge is 2.35. The molecule has 2 rings (SSSR count). The zero-order valence-corrected chi connectivity index (χ0v) is 10.3. The maximum atomic E-state index is 12.1. The van der Waals surface area contributed by atoms with E-state index in [1.54, 1.807) is 6.07 Å². The van der Waals surface area contributed by atoms with Gasteiger partial charge in [0.1, 0.15) is 0 Å². The van der Waals surface area contributed by atoms with Gasteiger partial charge in [-0.3, -0.25) is 4.79 Å². The molecule has 0 bridgehead atoms. The molecule has 18 heavy (non-hydrogen) atoms. The Morgan fingerprint density at radius 2 is 2.28 bits per heavy atom.